The van der Waals surface area contributed by atoms with E-state index < -0.39 is 0 Å². The third-order valence-electron chi connectivity index (χ3n) is 2.23. The number of methoxy groups -OCH3 is 2. The number of ether oxygens (including phenoxy) is 2. The first-order valence-electron chi connectivity index (χ1n) is 4.85. The summed E-state index contributed by atoms with van der Waals surface area (Å²) in [6.45, 7) is 0.0149. The summed E-state index contributed by atoms with van der Waals surface area (Å²) in [6, 6.07) is 1.34. The molecule has 0 aliphatic carbocycles. The van der Waals surface area contributed by atoms with Crippen molar-refractivity contribution in [2.45, 2.75) is 12.8 Å². The Kier molecular flexibility index (Phi) is 5.02. The van der Waals surface area contributed by atoms with Crippen LogP contribution in [0.5, 0.6) is 11.5 Å². The third kappa shape index (κ3) is 2.65. The second-order valence-electron chi connectivity index (χ2n) is 3.21. The van der Waals surface area contributed by atoms with Gasteiger partial charge in [0.2, 0.25) is 0 Å². The van der Waals surface area contributed by atoms with Gasteiger partial charge in [0, 0.05) is 12.2 Å². The summed E-state index contributed by atoms with van der Waals surface area (Å²) in [4.78, 5) is 0. The van der Waals surface area contributed by atoms with Gasteiger partial charge in [-0.05, 0) is 34.8 Å². The minimum atomic E-state index is -0.363. The summed E-state index contributed by atoms with van der Waals surface area (Å²) in [7, 11) is 2.96. The number of aliphatic hydroxyl groups excluding tert-OH is 1. The van der Waals surface area contributed by atoms with E-state index in [0.29, 0.717) is 34.4 Å². The van der Waals surface area contributed by atoms with Gasteiger partial charge in [0.05, 0.1) is 18.7 Å². The van der Waals surface area contributed by atoms with Crippen molar-refractivity contribution < 1.29 is 19.0 Å². The maximum Gasteiger partial charge on any atom is 0.175 e. The Morgan fingerprint density at radius 1 is 1.31 bits per heavy atom. The van der Waals surface area contributed by atoms with Gasteiger partial charge in [-0.2, -0.15) is 0 Å². The molecule has 0 aliphatic rings. The Balaban J connectivity index is 3.22. The summed E-state index contributed by atoms with van der Waals surface area (Å²) < 4.78 is 24.5. The molecule has 5 heteroatoms. The van der Waals surface area contributed by atoms with Crippen molar-refractivity contribution in [1.82, 2.24) is 0 Å². The van der Waals surface area contributed by atoms with E-state index in [1.165, 1.54) is 20.3 Å². The largest absolute Gasteiger partial charge is 0.492 e. The number of rotatable bonds is 5. The molecule has 1 N–H and O–H groups in total. The second kappa shape index (κ2) is 6.06. The van der Waals surface area contributed by atoms with E-state index in [1.54, 1.807) is 0 Å². The first-order valence-corrected chi connectivity index (χ1v) is 5.64. The van der Waals surface area contributed by atoms with Crippen LogP contribution in [0.15, 0.2) is 10.5 Å². The molecule has 0 fully saturated rings. The molecule has 0 spiro atoms. The number of benzene rings is 1. The molecule has 0 unspecified atom stereocenters. The summed E-state index contributed by atoms with van der Waals surface area (Å²) >= 11 is 3.21. The Morgan fingerprint density at radius 2 is 1.94 bits per heavy atom. The average molecular weight is 293 g/mol. The van der Waals surface area contributed by atoms with Gasteiger partial charge >= 0.3 is 0 Å². The Morgan fingerprint density at radius 3 is 2.44 bits per heavy atom. The van der Waals surface area contributed by atoms with Crippen LogP contribution in [0.3, 0.4) is 0 Å². The van der Waals surface area contributed by atoms with Crippen molar-refractivity contribution in [2.75, 3.05) is 20.8 Å². The van der Waals surface area contributed by atoms with Crippen molar-refractivity contribution in [2.24, 2.45) is 0 Å². The topological polar surface area (TPSA) is 38.7 Å². The normalized spacial score (nSPS) is 10.3. The molecule has 0 saturated carbocycles. The van der Waals surface area contributed by atoms with E-state index in [1.807, 2.05) is 0 Å². The van der Waals surface area contributed by atoms with Gasteiger partial charge in [0.1, 0.15) is 5.82 Å². The minimum absolute atomic E-state index is 0.0149. The van der Waals surface area contributed by atoms with Gasteiger partial charge in [-0.25, -0.2) is 4.39 Å². The molecule has 3 nitrogen and oxygen atoms in total. The molecule has 16 heavy (non-hydrogen) atoms. The zero-order valence-electron chi connectivity index (χ0n) is 9.22. The van der Waals surface area contributed by atoms with E-state index in [-0.39, 0.29) is 12.4 Å². The van der Waals surface area contributed by atoms with E-state index in [9.17, 15) is 4.39 Å². The maximum absolute atomic E-state index is 13.7. The summed E-state index contributed by atoms with van der Waals surface area (Å²) in [5, 5.41) is 8.76. The average Bonchev–Trinajstić information content (AvgIpc) is 2.27. The predicted molar refractivity (Wildman–Crippen MR) is 62.6 cm³/mol. The van der Waals surface area contributed by atoms with Crippen LogP contribution < -0.4 is 9.47 Å². The Labute approximate surface area is 102 Å². The van der Waals surface area contributed by atoms with Gasteiger partial charge < -0.3 is 14.6 Å². The first kappa shape index (κ1) is 13.3. The Hall–Kier alpha value is -0.810. The smallest absolute Gasteiger partial charge is 0.175 e. The highest BCUT2D eigenvalue weighted by Crippen LogP contribution is 2.40. The minimum Gasteiger partial charge on any atom is -0.492 e. The molecule has 1 aromatic rings. The van der Waals surface area contributed by atoms with Crippen LogP contribution >= 0.6 is 15.9 Å². The molecule has 0 amide bonds. The van der Waals surface area contributed by atoms with Gasteiger partial charge in [0.15, 0.2) is 11.5 Å². The zero-order valence-corrected chi connectivity index (χ0v) is 10.8. The fraction of sp³-hybridized carbons (Fsp3) is 0.455. The molecular formula is C11H14BrFO3. The lowest BCUT2D eigenvalue weighted by atomic mass is 10.1. The molecule has 0 bridgehead atoms. The van der Waals surface area contributed by atoms with Crippen LogP contribution in [0.25, 0.3) is 0 Å². The fourth-order valence-electron chi connectivity index (χ4n) is 1.51. The lowest BCUT2D eigenvalue weighted by Crippen LogP contribution is -2.01. The number of hydrogen-bond donors (Lipinski definition) is 1. The van der Waals surface area contributed by atoms with E-state index in [2.05, 4.69) is 15.9 Å². The van der Waals surface area contributed by atoms with Crippen molar-refractivity contribution >= 4 is 15.9 Å². The van der Waals surface area contributed by atoms with Gasteiger partial charge in [-0.15, -0.1) is 0 Å². The molecule has 0 aromatic heterocycles. The monoisotopic (exact) mass is 292 g/mol. The lowest BCUT2D eigenvalue weighted by Gasteiger charge is -2.14. The summed E-state index contributed by atoms with van der Waals surface area (Å²) in [6.07, 6.45) is 0.896. The maximum atomic E-state index is 13.7. The lowest BCUT2D eigenvalue weighted by molar-refractivity contribution is 0.286. The molecular weight excluding hydrogens is 279 g/mol. The highest BCUT2D eigenvalue weighted by atomic mass is 79.9. The zero-order chi connectivity index (χ0) is 12.1. The van der Waals surface area contributed by atoms with Gasteiger partial charge in [-0.3, -0.25) is 0 Å². The van der Waals surface area contributed by atoms with Crippen LogP contribution in [0.2, 0.25) is 0 Å². The van der Waals surface area contributed by atoms with Crippen LogP contribution in [0.1, 0.15) is 12.0 Å². The summed E-state index contributed by atoms with van der Waals surface area (Å²) in [5.41, 5.74) is 0.427. The van der Waals surface area contributed by atoms with Gasteiger partial charge in [0.25, 0.3) is 0 Å². The molecule has 1 aromatic carbocycles. The molecule has 0 saturated heterocycles. The van der Waals surface area contributed by atoms with Crippen LogP contribution in [0, 0.1) is 5.82 Å². The van der Waals surface area contributed by atoms with Gasteiger partial charge in [-0.1, -0.05) is 0 Å². The predicted octanol–water partition coefficient (Wildman–Crippen LogP) is 2.53. The van der Waals surface area contributed by atoms with Crippen LogP contribution in [-0.4, -0.2) is 25.9 Å². The number of aliphatic hydroxyl groups is 1. The molecule has 0 heterocycles. The fourth-order valence-corrected chi connectivity index (χ4v) is 2.06. The van der Waals surface area contributed by atoms with Crippen molar-refractivity contribution in [3.8, 4) is 11.5 Å². The van der Waals surface area contributed by atoms with Crippen molar-refractivity contribution in [1.29, 1.82) is 0 Å². The Bertz CT molecular complexity index is 369. The van der Waals surface area contributed by atoms with E-state index in [0.717, 1.165) is 0 Å². The quantitative estimate of drug-likeness (QED) is 0.906. The molecule has 0 radical (unpaired) electrons. The number of halogens is 2. The molecule has 90 valence electrons. The van der Waals surface area contributed by atoms with E-state index in [4.69, 9.17) is 14.6 Å². The highest BCUT2D eigenvalue weighted by Gasteiger charge is 2.18. The molecule has 0 aliphatic heterocycles. The molecule has 1 rings (SSSR count). The van der Waals surface area contributed by atoms with Crippen molar-refractivity contribution in [3.63, 3.8) is 0 Å². The SMILES string of the molecule is COc1c(Br)cc(F)c(CCCO)c1OC. The van der Waals surface area contributed by atoms with E-state index >= 15 is 0 Å². The number of hydrogen-bond acceptors (Lipinski definition) is 3. The third-order valence-corrected chi connectivity index (χ3v) is 2.82. The first-order chi connectivity index (χ1) is 7.65. The highest BCUT2D eigenvalue weighted by molar-refractivity contribution is 9.10. The van der Waals surface area contributed by atoms with Crippen LogP contribution in [0.4, 0.5) is 4.39 Å². The standard InChI is InChI=1S/C11H14BrFO3/c1-15-10-7(4-3-5-14)9(13)6-8(12)11(10)16-2/h6,14H,3-5H2,1-2H3. The van der Waals surface area contributed by atoms with Crippen LogP contribution in [-0.2, 0) is 6.42 Å². The summed E-state index contributed by atoms with van der Waals surface area (Å²) in [5.74, 6) is 0.484. The molecule has 0 atom stereocenters. The van der Waals surface area contributed by atoms with Crippen molar-refractivity contribution in [3.05, 3.63) is 21.9 Å². The second-order valence-corrected chi connectivity index (χ2v) is 4.07.